The molecule has 2 atom stereocenters. The maximum Gasteiger partial charge on any atom is 0.227 e. The number of carbonyl (C=O) groups is 1. The number of furan rings is 1. The Morgan fingerprint density at radius 3 is 2.60 bits per heavy atom. The van der Waals surface area contributed by atoms with Gasteiger partial charge in [0, 0.05) is 5.69 Å². The Morgan fingerprint density at radius 2 is 2.00 bits per heavy atom. The summed E-state index contributed by atoms with van der Waals surface area (Å²) in [6.07, 6.45) is 0. The number of amides is 1. The summed E-state index contributed by atoms with van der Waals surface area (Å²) in [7, 11) is 0. The van der Waals surface area contributed by atoms with Crippen molar-refractivity contribution in [1.82, 2.24) is 5.32 Å². The van der Waals surface area contributed by atoms with E-state index in [4.69, 9.17) is 10.2 Å². The number of anilines is 1. The van der Waals surface area contributed by atoms with Crippen LogP contribution in [0.25, 0.3) is 0 Å². The van der Waals surface area contributed by atoms with E-state index in [0.29, 0.717) is 5.69 Å². The SMILES string of the molecule is Cc1ccc(C(C)NC(=O)C(C)c2cccc(N)c2)o1. The number of aryl methyl sites for hydroxylation is 1. The summed E-state index contributed by atoms with van der Waals surface area (Å²) in [6.45, 7) is 5.65. The van der Waals surface area contributed by atoms with E-state index in [9.17, 15) is 4.79 Å². The van der Waals surface area contributed by atoms with Crippen LogP contribution in [-0.4, -0.2) is 5.91 Å². The standard InChI is InChI=1S/C16H20N2O2/c1-10-7-8-15(20-10)12(3)18-16(19)11(2)13-5-4-6-14(17)9-13/h4-9,11-12H,17H2,1-3H3,(H,18,19). The van der Waals surface area contributed by atoms with Crippen molar-refractivity contribution in [2.24, 2.45) is 0 Å². The third-order valence-electron chi connectivity index (χ3n) is 3.35. The van der Waals surface area contributed by atoms with Gasteiger partial charge in [-0.05, 0) is 50.6 Å². The van der Waals surface area contributed by atoms with Crippen LogP contribution in [0.15, 0.2) is 40.8 Å². The molecule has 1 aromatic heterocycles. The highest BCUT2D eigenvalue weighted by molar-refractivity contribution is 5.83. The molecule has 0 saturated heterocycles. The van der Waals surface area contributed by atoms with E-state index in [1.807, 2.05) is 57.2 Å². The Balaban J connectivity index is 2.04. The maximum absolute atomic E-state index is 12.3. The molecule has 1 heterocycles. The Bertz CT molecular complexity index is 604. The van der Waals surface area contributed by atoms with E-state index in [2.05, 4.69) is 5.32 Å². The van der Waals surface area contributed by atoms with Crippen molar-refractivity contribution in [1.29, 1.82) is 0 Å². The van der Waals surface area contributed by atoms with Gasteiger partial charge in [-0.3, -0.25) is 4.79 Å². The number of nitrogens with one attached hydrogen (secondary N) is 1. The third kappa shape index (κ3) is 3.20. The normalized spacial score (nSPS) is 13.8. The number of hydrogen-bond acceptors (Lipinski definition) is 3. The first kappa shape index (κ1) is 14.2. The van der Waals surface area contributed by atoms with E-state index in [1.165, 1.54) is 0 Å². The van der Waals surface area contributed by atoms with E-state index in [1.54, 1.807) is 0 Å². The number of nitrogen functional groups attached to an aromatic ring is 1. The second-order valence-corrected chi connectivity index (χ2v) is 5.07. The summed E-state index contributed by atoms with van der Waals surface area (Å²) in [5.41, 5.74) is 7.32. The highest BCUT2D eigenvalue weighted by atomic mass is 16.3. The van der Waals surface area contributed by atoms with Gasteiger partial charge in [-0.2, -0.15) is 0 Å². The van der Waals surface area contributed by atoms with Gasteiger partial charge >= 0.3 is 0 Å². The molecule has 0 aliphatic heterocycles. The molecule has 0 aliphatic carbocycles. The minimum atomic E-state index is -0.253. The molecule has 4 heteroatoms. The monoisotopic (exact) mass is 272 g/mol. The molecular weight excluding hydrogens is 252 g/mol. The second kappa shape index (κ2) is 5.82. The molecule has 106 valence electrons. The van der Waals surface area contributed by atoms with Crippen molar-refractivity contribution in [3.8, 4) is 0 Å². The topological polar surface area (TPSA) is 68.3 Å². The average molecular weight is 272 g/mol. The lowest BCUT2D eigenvalue weighted by Crippen LogP contribution is -2.30. The van der Waals surface area contributed by atoms with Crippen LogP contribution in [-0.2, 0) is 4.79 Å². The molecule has 0 bridgehead atoms. The summed E-state index contributed by atoms with van der Waals surface area (Å²) < 4.78 is 5.52. The second-order valence-electron chi connectivity index (χ2n) is 5.07. The lowest BCUT2D eigenvalue weighted by atomic mass is 9.99. The van der Waals surface area contributed by atoms with Gasteiger partial charge in [0.25, 0.3) is 0 Å². The summed E-state index contributed by atoms with van der Waals surface area (Å²) in [6, 6.07) is 11.0. The van der Waals surface area contributed by atoms with Crippen molar-refractivity contribution < 1.29 is 9.21 Å². The zero-order valence-electron chi connectivity index (χ0n) is 12.0. The molecule has 2 aromatic rings. The lowest BCUT2D eigenvalue weighted by Gasteiger charge is -2.16. The molecule has 1 aromatic carbocycles. The zero-order chi connectivity index (χ0) is 14.7. The van der Waals surface area contributed by atoms with Gasteiger partial charge in [-0.25, -0.2) is 0 Å². The van der Waals surface area contributed by atoms with Crippen LogP contribution in [0, 0.1) is 6.92 Å². The van der Waals surface area contributed by atoms with Gasteiger partial charge < -0.3 is 15.5 Å². The minimum Gasteiger partial charge on any atom is -0.464 e. The largest absolute Gasteiger partial charge is 0.464 e. The van der Waals surface area contributed by atoms with Crippen LogP contribution in [0.4, 0.5) is 5.69 Å². The first-order valence-corrected chi connectivity index (χ1v) is 6.69. The van der Waals surface area contributed by atoms with Crippen molar-refractivity contribution in [3.63, 3.8) is 0 Å². The minimum absolute atomic E-state index is 0.0443. The highest BCUT2D eigenvalue weighted by Crippen LogP contribution is 2.21. The molecule has 1 amide bonds. The molecule has 4 nitrogen and oxygen atoms in total. The Hall–Kier alpha value is -2.23. The fourth-order valence-electron chi connectivity index (χ4n) is 2.08. The number of hydrogen-bond donors (Lipinski definition) is 2. The van der Waals surface area contributed by atoms with Gasteiger partial charge in [0.1, 0.15) is 11.5 Å². The molecular formula is C16H20N2O2. The first-order chi connectivity index (χ1) is 9.47. The van der Waals surface area contributed by atoms with Gasteiger partial charge in [-0.1, -0.05) is 12.1 Å². The van der Waals surface area contributed by atoms with E-state index >= 15 is 0 Å². The molecule has 0 fully saturated rings. The zero-order valence-corrected chi connectivity index (χ0v) is 12.0. The van der Waals surface area contributed by atoms with Gasteiger partial charge in [-0.15, -0.1) is 0 Å². The number of nitrogens with two attached hydrogens (primary N) is 1. The summed E-state index contributed by atoms with van der Waals surface area (Å²) in [4.78, 5) is 12.3. The molecule has 2 rings (SSSR count). The molecule has 20 heavy (non-hydrogen) atoms. The maximum atomic E-state index is 12.3. The summed E-state index contributed by atoms with van der Waals surface area (Å²) >= 11 is 0. The van der Waals surface area contributed by atoms with E-state index < -0.39 is 0 Å². The van der Waals surface area contributed by atoms with Crippen LogP contribution in [0.2, 0.25) is 0 Å². The van der Waals surface area contributed by atoms with Crippen LogP contribution in [0.1, 0.15) is 42.9 Å². The predicted octanol–water partition coefficient (Wildman–Crippen LogP) is 3.15. The Kier molecular flexibility index (Phi) is 4.13. The number of carbonyl (C=O) groups excluding carboxylic acids is 1. The fraction of sp³-hybridized carbons (Fsp3) is 0.312. The van der Waals surface area contributed by atoms with Crippen molar-refractivity contribution in [3.05, 3.63) is 53.5 Å². The van der Waals surface area contributed by atoms with Gasteiger partial charge in [0.05, 0.1) is 12.0 Å². The first-order valence-electron chi connectivity index (χ1n) is 6.69. The molecule has 0 spiro atoms. The van der Waals surface area contributed by atoms with Crippen molar-refractivity contribution in [2.75, 3.05) is 5.73 Å². The smallest absolute Gasteiger partial charge is 0.227 e. The van der Waals surface area contributed by atoms with Crippen molar-refractivity contribution >= 4 is 11.6 Å². The van der Waals surface area contributed by atoms with Crippen LogP contribution < -0.4 is 11.1 Å². The number of benzene rings is 1. The highest BCUT2D eigenvalue weighted by Gasteiger charge is 2.19. The van der Waals surface area contributed by atoms with Crippen LogP contribution in [0.5, 0.6) is 0 Å². The fourth-order valence-corrected chi connectivity index (χ4v) is 2.08. The van der Waals surface area contributed by atoms with E-state index in [0.717, 1.165) is 17.1 Å². The van der Waals surface area contributed by atoms with Gasteiger partial charge in [0.15, 0.2) is 0 Å². The predicted molar refractivity (Wildman–Crippen MR) is 79.3 cm³/mol. The molecule has 0 saturated carbocycles. The Labute approximate surface area is 119 Å². The summed E-state index contributed by atoms with van der Waals surface area (Å²) in [5, 5.41) is 2.95. The average Bonchev–Trinajstić information content (AvgIpc) is 2.84. The quantitative estimate of drug-likeness (QED) is 0.840. The van der Waals surface area contributed by atoms with E-state index in [-0.39, 0.29) is 17.9 Å². The lowest BCUT2D eigenvalue weighted by molar-refractivity contribution is -0.123. The van der Waals surface area contributed by atoms with Crippen LogP contribution in [0.3, 0.4) is 0 Å². The van der Waals surface area contributed by atoms with Crippen LogP contribution >= 0.6 is 0 Å². The molecule has 0 radical (unpaired) electrons. The molecule has 2 unspecified atom stereocenters. The molecule has 0 aliphatic rings. The summed E-state index contributed by atoms with van der Waals surface area (Å²) in [5.74, 6) is 1.30. The number of rotatable bonds is 4. The third-order valence-corrected chi connectivity index (χ3v) is 3.35. The Morgan fingerprint density at radius 1 is 1.25 bits per heavy atom. The van der Waals surface area contributed by atoms with Crippen molar-refractivity contribution in [2.45, 2.75) is 32.7 Å². The van der Waals surface area contributed by atoms with Gasteiger partial charge in [0.2, 0.25) is 5.91 Å². The molecule has 3 N–H and O–H groups in total.